The Hall–Kier alpha value is -1.26. The summed E-state index contributed by atoms with van der Waals surface area (Å²) in [4.78, 5) is 5.47. The van der Waals surface area contributed by atoms with Crippen LogP contribution in [0.2, 0.25) is 10.0 Å². The molecule has 1 unspecified atom stereocenters. The molecule has 2 rings (SSSR count). The maximum atomic E-state index is 7.72. The molecule has 0 amide bonds. The van der Waals surface area contributed by atoms with Crippen LogP contribution < -0.4 is 0 Å². The first kappa shape index (κ1) is 14.2. The van der Waals surface area contributed by atoms with Gasteiger partial charge >= 0.3 is 0 Å². The van der Waals surface area contributed by atoms with E-state index >= 15 is 0 Å². The minimum atomic E-state index is -0.673. The highest BCUT2D eigenvalue weighted by Crippen LogP contribution is 2.37. The number of oxime groups is 1. The van der Waals surface area contributed by atoms with E-state index in [1.165, 1.54) is 0 Å². The first-order valence-corrected chi connectivity index (χ1v) is 6.63. The van der Waals surface area contributed by atoms with Gasteiger partial charge in [0.15, 0.2) is 5.60 Å². The van der Waals surface area contributed by atoms with Gasteiger partial charge in [0.05, 0.1) is 6.61 Å². The standard InChI is InChI=1S/C13H14Cl2N2O2/c1-3-18-12(16)11-7-13(2,19-17-11)8-4-9(14)6-10(15)5-8/h4-6,16H,3,7H2,1-2H3. The van der Waals surface area contributed by atoms with Gasteiger partial charge in [-0.3, -0.25) is 5.41 Å². The van der Waals surface area contributed by atoms with E-state index in [1.807, 2.05) is 13.8 Å². The lowest BCUT2D eigenvalue weighted by Crippen LogP contribution is -2.24. The number of halogens is 2. The van der Waals surface area contributed by atoms with Crippen LogP contribution in [0.25, 0.3) is 0 Å². The second kappa shape index (κ2) is 5.39. The molecule has 0 radical (unpaired) electrons. The number of benzene rings is 1. The summed E-state index contributed by atoms with van der Waals surface area (Å²) in [5.41, 5.74) is 0.640. The Morgan fingerprint density at radius 2 is 2.05 bits per heavy atom. The molecular formula is C13H14Cl2N2O2. The van der Waals surface area contributed by atoms with Crippen LogP contribution in [0.3, 0.4) is 0 Å². The lowest BCUT2D eigenvalue weighted by molar-refractivity contribution is -0.00737. The summed E-state index contributed by atoms with van der Waals surface area (Å²) in [5, 5.41) is 12.7. The average Bonchev–Trinajstić information content (AvgIpc) is 2.72. The van der Waals surface area contributed by atoms with Crippen molar-refractivity contribution < 1.29 is 9.57 Å². The van der Waals surface area contributed by atoms with Crippen LogP contribution in [0.4, 0.5) is 0 Å². The molecule has 1 aromatic carbocycles. The van der Waals surface area contributed by atoms with Crippen LogP contribution >= 0.6 is 23.2 Å². The SMILES string of the molecule is CCOC(=N)C1=NOC(C)(c2cc(Cl)cc(Cl)c2)C1. The van der Waals surface area contributed by atoms with Crippen LogP contribution in [0, 0.1) is 5.41 Å². The average molecular weight is 301 g/mol. The fourth-order valence-electron chi connectivity index (χ4n) is 1.90. The monoisotopic (exact) mass is 300 g/mol. The van der Waals surface area contributed by atoms with E-state index in [-0.39, 0.29) is 5.90 Å². The van der Waals surface area contributed by atoms with E-state index in [0.29, 0.717) is 28.8 Å². The van der Waals surface area contributed by atoms with Gasteiger partial charge < -0.3 is 9.57 Å². The highest BCUT2D eigenvalue weighted by Gasteiger charge is 2.38. The van der Waals surface area contributed by atoms with Gasteiger partial charge in [0, 0.05) is 22.0 Å². The molecule has 19 heavy (non-hydrogen) atoms. The maximum Gasteiger partial charge on any atom is 0.231 e. The zero-order chi connectivity index (χ0) is 14.0. The predicted octanol–water partition coefficient (Wildman–Crippen LogP) is 4.00. The number of ether oxygens (including phenoxy) is 1. The summed E-state index contributed by atoms with van der Waals surface area (Å²) < 4.78 is 5.12. The van der Waals surface area contributed by atoms with Crippen LogP contribution in [0.15, 0.2) is 23.4 Å². The Balaban J connectivity index is 2.21. The topological polar surface area (TPSA) is 54.7 Å². The quantitative estimate of drug-likeness (QED) is 0.677. The molecular weight excluding hydrogens is 287 g/mol. The summed E-state index contributed by atoms with van der Waals surface area (Å²) >= 11 is 12.0. The number of nitrogens with one attached hydrogen (secondary N) is 1. The summed E-state index contributed by atoms with van der Waals surface area (Å²) in [5.74, 6) is 0.0411. The van der Waals surface area contributed by atoms with E-state index < -0.39 is 5.60 Å². The molecule has 1 heterocycles. The number of hydrogen-bond donors (Lipinski definition) is 1. The fourth-order valence-corrected chi connectivity index (χ4v) is 2.43. The Morgan fingerprint density at radius 1 is 1.42 bits per heavy atom. The van der Waals surface area contributed by atoms with E-state index in [0.717, 1.165) is 5.56 Å². The molecule has 1 aromatic rings. The summed E-state index contributed by atoms with van der Waals surface area (Å²) in [6.45, 7) is 4.13. The Bertz CT molecular complexity index is 525. The van der Waals surface area contributed by atoms with E-state index in [4.69, 9.17) is 38.2 Å². The van der Waals surface area contributed by atoms with Gasteiger partial charge in [0.25, 0.3) is 0 Å². The molecule has 4 nitrogen and oxygen atoms in total. The molecule has 1 N–H and O–H groups in total. The molecule has 1 atom stereocenters. The number of nitrogens with zero attached hydrogens (tertiary/aromatic N) is 1. The lowest BCUT2D eigenvalue weighted by Gasteiger charge is -2.22. The van der Waals surface area contributed by atoms with Gasteiger partial charge in [-0.2, -0.15) is 0 Å². The second-order valence-electron chi connectivity index (χ2n) is 4.46. The third-order valence-corrected chi connectivity index (χ3v) is 3.32. The minimum Gasteiger partial charge on any atom is -0.477 e. The van der Waals surface area contributed by atoms with E-state index in [1.54, 1.807) is 18.2 Å². The first-order valence-electron chi connectivity index (χ1n) is 5.88. The smallest absolute Gasteiger partial charge is 0.231 e. The van der Waals surface area contributed by atoms with Crippen molar-refractivity contribution in [2.24, 2.45) is 5.16 Å². The third-order valence-electron chi connectivity index (χ3n) is 2.89. The summed E-state index contributed by atoms with van der Waals surface area (Å²) in [6, 6.07) is 5.24. The molecule has 1 aliphatic heterocycles. The van der Waals surface area contributed by atoms with Crippen molar-refractivity contribution in [3.05, 3.63) is 33.8 Å². The van der Waals surface area contributed by atoms with Crippen LogP contribution in [0.5, 0.6) is 0 Å². The molecule has 0 saturated heterocycles. The van der Waals surface area contributed by atoms with Crippen molar-refractivity contribution in [2.45, 2.75) is 25.9 Å². The molecule has 6 heteroatoms. The zero-order valence-electron chi connectivity index (χ0n) is 10.7. The molecule has 0 fully saturated rings. The highest BCUT2D eigenvalue weighted by molar-refractivity contribution is 6.38. The van der Waals surface area contributed by atoms with Crippen molar-refractivity contribution in [3.63, 3.8) is 0 Å². The van der Waals surface area contributed by atoms with Gasteiger partial charge in [-0.1, -0.05) is 28.4 Å². The van der Waals surface area contributed by atoms with Gasteiger partial charge in [0.2, 0.25) is 5.90 Å². The maximum absolute atomic E-state index is 7.72. The number of hydrogen-bond acceptors (Lipinski definition) is 4. The lowest BCUT2D eigenvalue weighted by atomic mass is 9.91. The first-order chi connectivity index (χ1) is 8.94. The van der Waals surface area contributed by atoms with Crippen molar-refractivity contribution in [1.29, 1.82) is 5.41 Å². The Labute approximate surface area is 121 Å². The summed E-state index contributed by atoms with van der Waals surface area (Å²) in [6.07, 6.45) is 0.447. The van der Waals surface area contributed by atoms with Gasteiger partial charge in [0.1, 0.15) is 5.71 Å². The molecule has 0 aliphatic carbocycles. The van der Waals surface area contributed by atoms with Crippen molar-refractivity contribution in [2.75, 3.05) is 6.61 Å². The summed E-state index contributed by atoms with van der Waals surface area (Å²) in [7, 11) is 0. The largest absolute Gasteiger partial charge is 0.477 e. The highest BCUT2D eigenvalue weighted by atomic mass is 35.5. The second-order valence-corrected chi connectivity index (χ2v) is 5.33. The van der Waals surface area contributed by atoms with Gasteiger partial charge in [-0.25, -0.2) is 0 Å². The fraction of sp³-hybridized carbons (Fsp3) is 0.385. The Kier molecular flexibility index (Phi) is 4.02. The third kappa shape index (κ3) is 3.01. The molecule has 0 spiro atoms. The normalized spacial score (nSPS) is 21.8. The molecule has 0 saturated carbocycles. The number of rotatable bonds is 3. The van der Waals surface area contributed by atoms with Crippen molar-refractivity contribution >= 4 is 34.8 Å². The minimum absolute atomic E-state index is 0.0411. The van der Waals surface area contributed by atoms with Gasteiger partial charge in [-0.05, 0) is 32.0 Å². The zero-order valence-corrected chi connectivity index (χ0v) is 12.2. The Morgan fingerprint density at radius 3 is 2.63 bits per heavy atom. The van der Waals surface area contributed by atoms with Crippen molar-refractivity contribution in [3.8, 4) is 0 Å². The van der Waals surface area contributed by atoms with Crippen LogP contribution in [0.1, 0.15) is 25.8 Å². The molecule has 102 valence electrons. The predicted molar refractivity (Wildman–Crippen MR) is 76.3 cm³/mol. The van der Waals surface area contributed by atoms with Crippen LogP contribution in [-0.2, 0) is 15.2 Å². The van der Waals surface area contributed by atoms with Gasteiger partial charge in [-0.15, -0.1) is 0 Å². The molecule has 0 aromatic heterocycles. The molecule has 0 bridgehead atoms. The van der Waals surface area contributed by atoms with Crippen molar-refractivity contribution in [1.82, 2.24) is 0 Å². The van der Waals surface area contributed by atoms with Crippen LogP contribution in [-0.4, -0.2) is 18.2 Å². The van der Waals surface area contributed by atoms with E-state index in [9.17, 15) is 0 Å². The molecule has 1 aliphatic rings. The van der Waals surface area contributed by atoms with E-state index in [2.05, 4.69) is 5.16 Å².